The van der Waals surface area contributed by atoms with Crippen LogP contribution in [0.3, 0.4) is 0 Å². The average Bonchev–Trinajstić information content (AvgIpc) is 2.87. The standard InChI is InChI=1S/C10H9N3O2S/c1-13-4-7(3-12-13)9(14)2-10(15)8-5-16-6-11-8/h3-6H,2H2,1H3. The minimum absolute atomic E-state index is 0.157. The van der Waals surface area contributed by atoms with Crippen LogP contribution in [0.15, 0.2) is 23.3 Å². The largest absolute Gasteiger partial charge is 0.294 e. The molecule has 2 heterocycles. The number of Topliss-reactive ketones (excluding diaryl/α,β-unsaturated/α-hetero) is 2. The zero-order valence-corrected chi connectivity index (χ0v) is 9.40. The molecule has 2 aromatic rings. The zero-order chi connectivity index (χ0) is 11.5. The molecular weight excluding hydrogens is 226 g/mol. The van der Waals surface area contributed by atoms with E-state index >= 15 is 0 Å². The fourth-order valence-electron chi connectivity index (χ4n) is 1.25. The molecule has 0 radical (unpaired) electrons. The first-order valence-electron chi connectivity index (χ1n) is 4.60. The lowest BCUT2D eigenvalue weighted by molar-refractivity contribution is 0.0892. The van der Waals surface area contributed by atoms with E-state index in [0.717, 1.165) is 0 Å². The highest BCUT2D eigenvalue weighted by atomic mass is 32.1. The van der Waals surface area contributed by atoms with Crippen LogP contribution in [0.25, 0.3) is 0 Å². The maximum Gasteiger partial charge on any atom is 0.189 e. The van der Waals surface area contributed by atoms with Crippen LogP contribution >= 0.6 is 11.3 Å². The van der Waals surface area contributed by atoms with Crippen molar-refractivity contribution in [2.24, 2.45) is 7.05 Å². The number of hydrogen-bond donors (Lipinski definition) is 0. The number of aromatic nitrogens is 3. The summed E-state index contributed by atoms with van der Waals surface area (Å²) in [6, 6.07) is 0. The third-order valence-corrected chi connectivity index (χ3v) is 2.65. The molecule has 16 heavy (non-hydrogen) atoms. The SMILES string of the molecule is Cn1cc(C(=O)CC(=O)c2cscn2)cn1. The highest BCUT2D eigenvalue weighted by molar-refractivity contribution is 7.07. The summed E-state index contributed by atoms with van der Waals surface area (Å²) in [6.45, 7) is 0. The first kappa shape index (κ1) is 10.7. The van der Waals surface area contributed by atoms with Crippen LogP contribution in [0.1, 0.15) is 27.3 Å². The van der Waals surface area contributed by atoms with Crippen LogP contribution in [-0.2, 0) is 7.05 Å². The summed E-state index contributed by atoms with van der Waals surface area (Å²) in [5.41, 5.74) is 2.37. The molecule has 0 aliphatic heterocycles. The van der Waals surface area contributed by atoms with E-state index < -0.39 is 0 Å². The summed E-state index contributed by atoms with van der Waals surface area (Å²) in [7, 11) is 1.72. The Morgan fingerprint density at radius 1 is 1.44 bits per heavy atom. The van der Waals surface area contributed by atoms with Gasteiger partial charge >= 0.3 is 0 Å². The lowest BCUT2D eigenvalue weighted by Gasteiger charge is -1.94. The molecule has 0 saturated heterocycles. The number of ketones is 2. The van der Waals surface area contributed by atoms with Gasteiger partial charge in [0.05, 0.1) is 23.7 Å². The van der Waals surface area contributed by atoms with E-state index in [1.54, 1.807) is 24.1 Å². The van der Waals surface area contributed by atoms with Crippen LogP contribution < -0.4 is 0 Å². The molecule has 2 rings (SSSR count). The molecular formula is C10H9N3O2S. The van der Waals surface area contributed by atoms with E-state index in [9.17, 15) is 9.59 Å². The summed E-state index contributed by atoms with van der Waals surface area (Å²) in [5.74, 6) is -0.485. The highest BCUT2D eigenvalue weighted by Crippen LogP contribution is 2.08. The predicted octanol–water partition coefficient (Wildman–Crippen LogP) is 1.33. The minimum atomic E-state index is -0.255. The lowest BCUT2D eigenvalue weighted by atomic mass is 10.1. The first-order chi connectivity index (χ1) is 7.66. The monoisotopic (exact) mass is 235 g/mol. The number of rotatable bonds is 4. The fraction of sp³-hybridized carbons (Fsp3) is 0.200. The molecule has 0 saturated carbocycles. The van der Waals surface area contributed by atoms with Crippen molar-refractivity contribution in [1.29, 1.82) is 0 Å². The van der Waals surface area contributed by atoms with Gasteiger partial charge in [0, 0.05) is 18.6 Å². The molecule has 5 nitrogen and oxygen atoms in total. The Hall–Kier alpha value is -1.82. The van der Waals surface area contributed by atoms with E-state index in [1.807, 2.05) is 0 Å². The van der Waals surface area contributed by atoms with Crippen molar-refractivity contribution >= 4 is 22.9 Å². The smallest absolute Gasteiger partial charge is 0.189 e. The van der Waals surface area contributed by atoms with Gasteiger partial charge in [-0.15, -0.1) is 11.3 Å². The maximum absolute atomic E-state index is 11.7. The van der Waals surface area contributed by atoms with Crippen molar-refractivity contribution in [2.75, 3.05) is 0 Å². The summed E-state index contributed by atoms with van der Waals surface area (Å²) >= 11 is 1.34. The molecule has 0 bridgehead atoms. The first-order valence-corrected chi connectivity index (χ1v) is 5.54. The minimum Gasteiger partial charge on any atom is -0.294 e. The van der Waals surface area contributed by atoms with Crippen LogP contribution in [0.4, 0.5) is 0 Å². The molecule has 2 aromatic heterocycles. The predicted molar refractivity (Wildman–Crippen MR) is 58.6 cm³/mol. The van der Waals surface area contributed by atoms with Crippen LogP contribution in [0.5, 0.6) is 0 Å². The normalized spacial score (nSPS) is 10.3. The summed E-state index contributed by atoms with van der Waals surface area (Å²) in [6.07, 6.45) is 2.89. The van der Waals surface area contributed by atoms with Gasteiger partial charge in [-0.05, 0) is 0 Å². The van der Waals surface area contributed by atoms with Gasteiger partial charge in [-0.2, -0.15) is 5.10 Å². The quantitative estimate of drug-likeness (QED) is 0.592. The van der Waals surface area contributed by atoms with Gasteiger partial charge in [-0.25, -0.2) is 4.98 Å². The number of nitrogens with zero attached hydrogens (tertiary/aromatic N) is 3. The van der Waals surface area contributed by atoms with Crippen LogP contribution in [0.2, 0.25) is 0 Å². The van der Waals surface area contributed by atoms with Crippen molar-refractivity contribution in [3.8, 4) is 0 Å². The van der Waals surface area contributed by atoms with E-state index in [4.69, 9.17) is 0 Å². The summed E-state index contributed by atoms with van der Waals surface area (Å²) in [5, 5.41) is 5.52. The van der Waals surface area contributed by atoms with Crippen molar-refractivity contribution in [2.45, 2.75) is 6.42 Å². The molecule has 0 aromatic carbocycles. The molecule has 0 amide bonds. The molecule has 0 spiro atoms. The average molecular weight is 235 g/mol. The topological polar surface area (TPSA) is 64.8 Å². The third kappa shape index (κ3) is 2.22. The molecule has 0 aliphatic rings. The molecule has 0 fully saturated rings. The Labute approximate surface area is 95.7 Å². The number of hydrogen-bond acceptors (Lipinski definition) is 5. The van der Waals surface area contributed by atoms with E-state index in [1.165, 1.54) is 22.2 Å². The molecule has 0 N–H and O–H groups in total. The fourth-order valence-corrected chi connectivity index (χ4v) is 1.81. The van der Waals surface area contributed by atoms with Crippen molar-refractivity contribution in [3.05, 3.63) is 34.5 Å². The molecule has 0 unspecified atom stereocenters. The van der Waals surface area contributed by atoms with Gasteiger partial charge in [0.1, 0.15) is 5.69 Å². The van der Waals surface area contributed by atoms with E-state index in [2.05, 4.69) is 10.1 Å². The summed E-state index contributed by atoms with van der Waals surface area (Å²) in [4.78, 5) is 27.1. The highest BCUT2D eigenvalue weighted by Gasteiger charge is 2.15. The zero-order valence-electron chi connectivity index (χ0n) is 8.58. The molecule has 6 heteroatoms. The Morgan fingerprint density at radius 2 is 2.25 bits per heavy atom. The number of carbonyl (C=O) groups is 2. The second-order valence-corrected chi connectivity index (χ2v) is 4.02. The van der Waals surface area contributed by atoms with Crippen molar-refractivity contribution < 1.29 is 9.59 Å². The third-order valence-electron chi connectivity index (χ3n) is 2.07. The molecule has 0 atom stereocenters. The van der Waals surface area contributed by atoms with Gasteiger partial charge in [-0.1, -0.05) is 0 Å². The van der Waals surface area contributed by atoms with Gasteiger partial charge in [-0.3, -0.25) is 14.3 Å². The van der Waals surface area contributed by atoms with Crippen molar-refractivity contribution in [3.63, 3.8) is 0 Å². The van der Waals surface area contributed by atoms with Gasteiger partial charge < -0.3 is 0 Å². The van der Waals surface area contributed by atoms with Gasteiger partial charge in [0.25, 0.3) is 0 Å². The summed E-state index contributed by atoms with van der Waals surface area (Å²) < 4.78 is 1.53. The lowest BCUT2D eigenvalue weighted by Crippen LogP contribution is -2.08. The Bertz CT molecular complexity index is 516. The van der Waals surface area contributed by atoms with Crippen LogP contribution in [-0.4, -0.2) is 26.3 Å². The number of thiazole rings is 1. The molecule has 82 valence electrons. The second kappa shape index (κ2) is 4.36. The number of carbonyl (C=O) groups excluding carboxylic acids is 2. The number of aryl methyl sites for hydroxylation is 1. The van der Waals surface area contributed by atoms with E-state index in [-0.39, 0.29) is 18.0 Å². The van der Waals surface area contributed by atoms with Gasteiger partial charge in [0.2, 0.25) is 0 Å². The van der Waals surface area contributed by atoms with Gasteiger partial charge in [0.15, 0.2) is 11.6 Å². The van der Waals surface area contributed by atoms with E-state index in [0.29, 0.717) is 11.3 Å². The second-order valence-electron chi connectivity index (χ2n) is 3.30. The Morgan fingerprint density at radius 3 is 2.81 bits per heavy atom. The van der Waals surface area contributed by atoms with Crippen molar-refractivity contribution in [1.82, 2.24) is 14.8 Å². The maximum atomic E-state index is 11.7. The Kier molecular flexibility index (Phi) is 2.91. The van der Waals surface area contributed by atoms with Crippen LogP contribution in [0, 0.1) is 0 Å². The molecule has 0 aliphatic carbocycles. The Balaban J connectivity index is 2.06.